The summed E-state index contributed by atoms with van der Waals surface area (Å²) in [7, 11) is 2.13. The Hall–Kier alpha value is -2.08. The Balaban J connectivity index is 1.95. The quantitative estimate of drug-likeness (QED) is 0.542. The molecule has 0 bridgehead atoms. The zero-order chi connectivity index (χ0) is 19.6. The Morgan fingerprint density at radius 2 is 2.07 bits per heavy atom. The molecule has 1 heterocycles. The first-order valence-electron chi connectivity index (χ1n) is 10.1. The van der Waals surface area contributed by atoms with Crippen LogP contribution in [0.5, 0.6) is 0 Å². The normalized spacial score (nSPS) is 17.4. The summed E-state index contributed by atoms with van der Waals surface area (Å²) in [5.41, 5.74) is 2.53. The van der Waals surface area contributed by atoms with Crippen molar-refractivity contribution < 1.29 is 4.79 Å². The number of rotatable bonds is 8. The van der Waals surface area contributed by atoms with E-state index in [-0.39, 0.29) is 11.9 Å². The fourth-order valence-corrected chi connectivity index (χ4v) is 3.26. The van der Waals surface area contributed by atoms with Gasteiger partial charge in [-0.15, -0.1) is 0 Å². The molecule has 0 radical (unpaired) electrons. The highest BCUT2D eigenvalue weighted by Crippen LogP contribution is 2.11. The summed E-state index contributed by atoms with van der Waals surface area (Å²) in [6.07, 6.45) is 1.54. The Morgan fingerprint density at radius 1 is 1.30 bits per heavy atom. The molecule has 0 saturated carbocycles. The summed E-state index contributed by atoms with van der Waals surface area (Å²) in [5.74, 6) is 1.06. The first-order valence-corrected chi connectivity index (χ1v) is 10.1. The summed E-state index contributed by atoms with van der Waals surface area (Å²) in [5, 5.41) is 6.81. The molecular weight excluding hydrogens is 338 g/mol. The highest BCUT2D eigenvalue weighted by molar-refractivity contribution is 5.80. The van der Waals surface area contributed by atoms with Crippen LogP contribution >= 0.6 is 0 Å². The number of guanidine groups is 1. The van der Waals surface area contributed by atoms with Crippen LogP contribution in [0.2, 0.25) is 0 Å². The van der Waals surface area contributed by atoms with Crippen molar-refractivity contribution >= 4 is 11.9 Å². The van der Waals surface area contributed by atoms with Gasteiger partial charge in [0.1, 0.15) is 0 Å². The molecule has 0 aromatic heterocycles. The fourth-order valence-electron chi connectivity index (χ4n) is 3.26. The first-order chi connectivity index (χ1) is 13.0. The van der Waals surface area contributed by atoms with Gasteiger partial charge in [-0.05, 0) is 38.1 Å². The van der Waals surface area contributed by atoms with Crippen LogP contribution in [-0.4, -0.2) is 60.9 Å². The number of likely N-dealkylation sites (tertiary alicyclic amines) is 1. The smallest absolute Gasteiger partial charge is 0.222 e. The first kappa shape index (κ1) is 21.2. The van der Waals surface area contributed by atoms with Gasteiger partial charge < -0.3 is 20.4 Å². The van der Waals surface area contributed by atoms with Gasteiger partial charge in [-0.25, -0.2) is 4.99 Å². The zero-order valence-corrected chi connectivity index (χ0v) is 17.3. The molecule has 1 aromatic carbocycles. The van der Waals surface area contributed by atoms with Gasteiger partial charge in [-0.1, -0.05) is 38.1 Å². The molecule has 27 heavy (non-hydrogen) atoms. The molecule has 1 aromatic rings. The third-order valence-corrected chi connectivity index (χ3v) is 4.93. The second kappa shape index (κ2) is 10.9. The van der Waals surface area contributed by atoms with Crippen molar-refractivity contribution in [3.05, 3.63) is 35.4 Å². The lowest BCUT2D eigenvalue weighted by Crippen LogP contribution is -2.45. The highest BCUT2D eigenvalue weighted by atomic mass is 16.2. The van der Waals surface area contributed by atoms with Crippen molar-refractivity contribution in [1.29, 1.82) is 0 Å². The van der Waals surface area contributed by atoms with Gasteiger partial charge in [0.15, 0.2) is 5.96 Å². The molecule has 1 unspecified atom stereocenters. The molecule has 0 spiro atoms. The third-order valence-electron chi connectivity index (χ3n) is 4.93. The van der Waals surface area contributed by atoms with Crippen LogP contribution in [0.25, 0.3) is 0 Å². The lowest BCUT2D eigenvalue weighted by Gasteiger charge is -2.18. The highest BCUT2D eigenvalue weighted by Gasteiger charge is 2.25. The minimum absolute atomic E-state index is 0.232. The average Bonchev–Trinajstić information content (AvgIpc) is 3.14. The van der Waals surface area contributed by atoms with E-state index in [0.717, 1.165) is 45.1 Å². The summed E-state index contributed by atoms with van der Waals surface area (Å²) >= 11 is 0. The lowest BCUT2D eigenvalue weighted by atomic mass is 10.1. The molecule has 1 saturated heterocycles. The molecule has 2 rings (SSSR count). The van der Waals surface area contributed by atoms with Gasteiger partial charge in [-0.3, -0.25) is 4.79 Å². The molecule has 6 nitrogen and oxygen atoms in total. The van der Waals surface area contributed by atoms with E-state index in [0.29, 0.717) is 13.0 Å². The van der Waals surface area contributed by atoms with Gasteiger partial charge in [0.25, 0.3) is 0 Å². The molecular formula is C21H35N5O. The molecule has 1 amide bonds. The van der Waals surface area contributed by atoms with Crippen LogP contribution in [0.4, 0.5) is 0 Å². The van der Waals surface area contributed by atoms with Crippen LogP contribution in [0.1, 0.15) is 44.7 Å². The maximum absolute atomic E-state index is 11.9. The molecule has 1 fully saturated rings. The Bertz CT molecular complexity index is 631. The Labute approximate surface area is 164 Å². The Kier molecular flexibility index (Phi) is 8.58. The van der Waals surface area contributed by atoms with E-state index in [2.05, 4.69) is 60.7 Å². The SMILES string of the molecule is CCNC(=NCc1cccc(CN(C)CC)c1)NC1CCN(C(=O)CC)C1. The van der Waals surface area contributed by atoms with E-state index in [1.54, 1.807) is 0 Å². The lowest BCUT2D eigenvalue weighted by molar-refractivity contribution is -0.129. The third kappa shape index (κ3) is 6.86. The molecule has 2 N–H and O–H groups in total. The maximum atomic E-state index is 11.9. The van der Waals surface area contributed by atoms with Crippen LogP contribution < -0.4 is 10.6 Å². The summed E-state index contributed by atoms with van der Waals surface area (Å²) in [4.78, 5) is 20.8. The van der Waals surface area contributed by atoms with Gasteiger partial charge in [0.2, 0.25) is 5.91 Å². The van der Waals surface area contributed by atoms with Gasteiger partial charge in [-0.2, -0.15) is 0 Å². The van der Waals surface area contributed by atoms with Crippen molar-refractivity contribution in [3.8, 4) is 0 Å². The predicted molar refractivity (Wildman–Crippen MR) is 112 cm³/mol. The Morgan fingerprint density at radius 3 is 2.78 bits per heavy atom. The number of nitrogens with one attached hydrogen (secondary N) is 2. The van der Waals surface area contributed by atoms with Crippen molar-refractivity contribution in [2.24, 2.45) is 4.99 Å². The number of amides is 1. The number of benzene rings is 1. The van der Waals surface area contributed by atoms with E-state index < -0.39 is 0 Å². The molecule has 0 aliphatic carbocycles. The van der Waals surface area contributed by atoms with Gasteiger partial charge >= 0.3 is 0 Å². The van der Waals surface area contributed by atoms with E-state index in [1.165, 1.54) is 11.1 Å². The van der Waals surface area contributed by atoms with E-state index in [1.807, 2.05) is 11.8 Å². The minimum Gasteiger partial charge on any atom is -0.357 e. The van der Waals surface area contributed by atoms with E-state index in [4.69, 9.17) is 4.99 Å². The number of nitrogens with zero attached hydrogens (tertiary/aromatic N) is 3. The number of hydrogen-bond acceptors (Lipinski definition) is 3. The van der Waals surface area contributed by atoms with Gasteiger partial charge in [0.05, 0.1) is 6.54 Å². The van der Waals surface area contributed by atoms with Crippen molar-refractivity contribution in [2.45, 2.75) is 52.7 Å². The second-order valence-corrected chi connectivity index (χ2v) is 7.17. The largest absolute Gasteiger partial charge is 0.357 e. The van der Waals surface area contributed by atoms with Crippen LogP contribution in [0, 0.1) is 0 Å². The minimum atomic E-state index is 0.232. The number of hydrogen-bond donors (Lipinski definition) is 2. The van der Waals surface area contributed by atoms with Crippen molar-refractivity contribution in [2.75, 3.05) is 33.2 Å². The molecule has 1 aliphatic heterocycles. The topological polar surface area (TPSA) is 60.0 Å². The summed E-state index contributed by atoms with van der Waals surface area (Å²) in [6.45, 7) is 11.2. The molecule has 6 heteroatoms. The molecule has 1 aliphatic rings. The summed E-state index contributed by atoms with van der Waals surface area (Å²) < 4.78 is 0. The zero-order valence-electron chi connectivity index (χ0n) is 17.3. The number of carbonyl (C=O) groups is 1. The fraction of sp³-hybridized carbons (Fsp3) is 0.619. The van der Waals surface area contributed by atoms with Gasteiger partial charge in [0, 0.05) is 38.6 Å². The van der Waals surface area contributed by atoms with Crippen molar-refractivity contribution in [1.82, 2.24) is 20.4 Å². The standard InChI is InChI=1S/C21H35N5O/c1-5-20(27)26-12-11-19(16-26)24-21(22-6-2)23-14-17-9-8-10-18(13-17)15-25(4)7-3/h8-10,13,19H,5-7,11-12,14-16H2,1-4H3,(H2,22,23,24). The average molecular weight is 374 g/mol. The van der Waals surface area contributed by atoms with E-state index >= 15 is 0 Å². The predicted octanol–water partition coefficient (Wildman–Crippen LogP) is 2.20. The van der Waals surface area contributed by atoms with E-state index in [9.17, 15) is 4.79 Å². The van der Waals surface area contributed by atoms with Crippen molar-refractivity contribution in [3.63, 3.8) is 0 Å². The van der Waals surface area contributed by atoms with Crippen LogP contribution in [0.15, 0.2) is 29.3 Å². The number of carbonyl (C=O) groups excluding carboxylic acids is 1. The summed E-state index contributed by atoms with van der Waals surface area (Å²) in [6, 6.07) is 8.90. The van der Waals surface area contributed by atoms with Crippen LogP contribution in [0.3, 0.4) is 0 Å². The maximum Gasteiger partial charge on any atom is 0.222 e. The monoisotopic (exact) mass is 373 g/mol. The van der Waals surface area contributed by atoms with Crippen LogP contribution in [-0.2, 0) is 17.9 Å². The molecule has 150 valence electrons. The number of aliphatic imine (C=N–C) groups is 1. The molecule has 1 atom stereocenters. The second-order valence-electron chi connectivity index (χ2n) is 7.17.